The standard InChI is InChI=1S/C21H20F2N2O3S.H2O/c1-25-11-14(9-20(28-2)21(25)26)16-8-13(12-29(3)27)4-6-18(16)24-19-7-5-15(22)10-17(19)23;/h4-11,24H,12H2,1-3H3;1H2. The van der Waals surface area contributed by atoms with E-state index in [1.165, 1.54) is 17.7 Å². The summed E-state index contributed by atoms with van der Waals surface area (Å²) in [7, 11) is 1.96. The molecule has 0 saturated carbocycles. The number of anilines is 2. The van der Waals surface area contributed by atoms with Gasteiger partial charge in [-0.25, -0.2) is 8.78 Å². The zero-order chi connectivity index (χ0) is 21.1. The van der Waals surface area contributed by atoms with Crippen molar-refractivity contribution >= 4 is 22.2 Å². The van der Waals surface area contributed by atoms with Gasteiger partial charge in [0.2, 0.25) is 0 Å². The van der Waals surface area contributed by atoms with Gasteiger partial charge >= 0.3 is 0 Å². The van der Waals surface area contributed by atoms with Gasteiger partial charge in [0.05, 0.1) is 12.8 Å². The molecule has 0 amide bonds. The molecule has 30 heavy (non-hydrogen) atoms. The SMILES string of the molecule is COc1cc(-c2cc(CS(C)=O)ccc2Nc2ccc(F)cc2F)cn(C)c1=O.O. The minimum absolute atomic E-state index is 0. The first-order valence-electron chi connectivity index (χ1n) is 8.68. The van der Waals surface area contributed by atoms with Crippen molar-refractivity contribution in [2.75, 3.05) is 18.7 Å². The molecule has 1 unspecified atom stereocenters. The van der Waals surface area contributed by atoms with Crippen molar-refractivity contribution in [3.8, 4) is 16.9 Å². The summed E-state index contributed by atoms with van der Waals surface area (Å²) in [5.74, 6) is -0.890. The minimum atomic E-state index is -1.05. The monoisotopic (exact) mass is 436 g/mol. The molecule has 3 aromatic rings. The highest BCUT2D eigenvalue weighted by molar-refractivity contribution is 7.83. The maximum atomic E-state index is 14.1. The number of aryl methyl sites for hydroxylation is 1. The smallest absolute Gasteiger partial charge is 0.292 e. The Hall–Kier alpha value is -3.04. The normalized spacial score (nSPS) is 11.5. The van der Waals surface area contributed by atoms with Crippen LogP contribution in [0.1, 0.15) is 5.56 Å². The van der Waals surface area contributed by atoms with Crippen LogP contribution in [-0.4, -0.2) is 27.6 Å². The molecule has 160 valence electrons. The van der Waals surface area contributed by atoms with Gasteiger partial charge in [-0.3, -0.25) is 9.00 Å². The van der Waals surface area contributed by atoms with Crippen molar-refractivity contribution < 1.29 is 23.2 Å². The Kier molecular flexibility index (Phi) is 7.47. The number of halogens is 2. The van der Waals surface area contributed by atoms with Crippen LogP contribution in [0, 0.1) is 11.6 Å². The van der Waals surface area contributed by atoms with Crippen LogP contribution < -0.4 is 15.6 Å². The summed E-state index contributed by atoms with van der Waals surface area (Å²) >= 11 is 0. The lowest BCUT2D eigenvalue weighted by atomic mass is 10.0. The molecule has 0 radical (unpaired) electrons. The Balaban J connectivity index is 0.00000320. The summed E-state index contributed by atoms with van der Waals surface area (Å²) in [5.41, 5.74) is 2.49. The van der Waals surface area contributed by atoms with E-state index < -0.39 is 22.4 Å². The zero-order valence-corrected chi connectivity index (χ0v) is 17.5. The molecule has 0 aliphatic rings. The van der Waals surface area contributed by atoms with E-state index in [1.807, 2.05) is 6.07 Å². The number of rotatable bonds is 6. The maximum absolute atomic E-state index is 14.1. The average Bonchev–Trinajstić information content (AvgIpc) is 2.66. The van der Waals surface area contributed by atoms with E-state index in [0.717, 1.165) is 17.7 Å². The van der Waals surface area contributed by atoms with E-state index in [9.17, 15) is 17.8 Å². The third-order valence-corrected chi connectivity index (χ3v) is 5.08. The zero-order valence-electron chi connectivity index (χ0n) is 16.7. The van der Waals surface area contributed by atoms with Gasteiger partial charge in [-0.15, -0.1) is 0 Å². The molecular formula is C21H22F2N2O4S. The van der Waals surface area contributed by atoms with Crippen molar-refractivity contribution in [2.24, 2.45) is 7.05 Å². The number of benzene rings is 2. The van der Waals surface area contributed by atoms with E-state index in [0.29, 0.717) is 22.6 Å². The highest BCUT2D eigenvalue weighted by atomic mass is 32.2. The lowest BCUT2D eigenvalue weighted by Gasteiger charge is -2.16. The summed E-state index contributed by atoms with van der Waals surface area (Å²) in [5, 5.41) is 2.97. The van der Waals surface area contributed by atoms with Crippen molar-refractivity contribution in [2.45, 2.75) is 5.75 Å². The molecule has 0 spiro atoms. The number of nitrogens with zero attached hydrogens (tertiary/aromatic N) is 1. The molecule has 0 saturated heterocycles. The second-order valence-corrected chi connectivity index (χ2v) is 7.99. The van der Waals surface area contributed by atoms with Crippen molar-refractivity contribution in [3.63, 3.8) is 0 Å². The average molecular weight is 436 g/mol. The first-order chi connectivity index (χ1) is 13.8. The maximum Gasteiger partial charge on any atom is 0.292 e. The first-order valence-corrected chi connectivity index (χ1v) is 10.4. The molecule has 0 fully saturated rings. The molecule has 1 atom stereocenters. The molecule has 3 N–H and O–H groups in total. The predicted molar refractivity (Wildman–Crippen MR) is 115 cm³/mol. The van der Waals surface area contributed by atoms with Crippen LogP contribution in [0.15, 0.2) is 53.5 Å². The van der Waals surface area contributed by atoms with Crippen LogP contribution >= 0.6 is 0 Å². The molecule has 0 aliphatic carbocycles. The third kappa shape index (κ3) is 5.11. The summed E-state index contributed by atoms with van der Waals surface area (Å²) in [6, 6.07) is 10.2. The Bertz CT molecular complexity index is 1150. The van der Waals surface area contributed by atoms with Crippen LogP contribution in [0.4, 0.5) is 20.2 Å². The summed E-state index contributed by atoms with van der Waals surface area (Å²) in [6.07, 6.45) is 3.24. The molecule has 0 bridgehead atoms. The summed E-state index contributed by atoms with van der Waals surface area (Å²) in [6.45, 7) is 0. The fourth-order valence-electron chi connectivity index (χ4n) is 2.97. The lowest BCUT2D eigenvalue weighted by Crippen LogP contribution is -2.17. The van der Waals surface area contributed by atoms with Crippen LogP contribution in [-0.2, 0) is 23.6 Å². The van der Waals surface area contributed by atoms with E-state index in [2.05, 4.69) is 5.32 Å². The topological polar surface area (TPSA) is 91.8 Å². The van der Waals surface area contributed by atoms with E-state index in [4.69, 9.17) is 4.74 Å². The number of aromatic nitrogens is 1. The van der Waals surface area contributed by atoms with E-state index >= 15 is 0 Å². The molecule has 9 heteroatoms. The quantitative estimate of drug-likeness (QED) is 0.643. The van der Waals surface area contributed by atoms with Gasteiger partial charge in [0, 0.05) is 58.9 Å². The van der Waals surface area contributed by atoms with E-state index in [1.54, 1.807) is 37.7 Å². The third-order valence-electron chi connectivity index (χ3n) is 4.34. The summed E-state index contributed by atoms with van der Waals surface area (Å²) < 4.78 is 45.6. The molecular weight excluding hydrogens is 414 g/mol. The molecule has 0 aliphatic heterocycles. The van der Waals surface area contributed by atoms with Crippen molar-refractivity contribution in [1.29, 1.82) is 0 Å². The number of hydrogen-bond donors (Lipinski definition) is 1. The second-order valence-electron chi connectivity index (χ2n) is 6.56. The van der Waals surface area contributed by atoms with Crippen LogP contribution in [0.2, 0.25) is 0 Å². The number of nitrogens with one attached hydrogen (secondary N) is 1. The summed E-state index contributed by atoms with van der Waals surface area (Å²) in [4.78, 5) is 12.1. The number of methoxy groups -OCH3 is 1. The van der Waals surface area contributed by atoms with Gasteiger partial charge in [-0.05, 0) is 35.9 Å². The second kappa shape index (κ2) is 9.64. The molecule has 2 aromatic carbocycles. The van der Waals surface area contributed by atoms with Gasteiger partial charge in [-0.1, -0.05) is 6.07 Å². The first kappa shape index (κ1) is 23.2. The van der Waals surface area contributed by atoms with Gasteiger partial charge < -0.3 is 20.1 Å². The highest BCUT2D eigenvalue weighted by Gasteiger charge is 2.14. The highest BCUT2D eigenvalue weighted by Crippen LogP contribution is 2.33. The number of pyridine rings is 1. The van der Waals surface area contributed by atoms with Crippen molar-refractivity contribution in [3.05, 3.63) is 76.2 Å². The predicted octanol–water partition coefficient (Wildman–Crippen LogP) is 3.14. The fourth-order valence-corrected chi connectivity index (χ4v) is 3.62. The molecule has 1 aromatic heterocycles. The Morgan fingerprint density at radius 2 is 1.80 bits per heavy atom. The van der Waals surface area contributed by atoms with Gasteiger partial charge in [-0.2, -0.15) is 0 Å². The van der Waals surface area contributed by atoms with Crippen molar-refractivity contribution in [1.82, 2.24) is 4.57 Å². The Labute approximate surface area is 174 Å². The molecule has 3 rings (SSSR count). The Morgan fingerprint density at radius 3 is 2.43 bits per heavy atom. The molecule has 6 nitrogen and oxygen atoms in total. The largest absolute Gasteiger partial charge is 0.491 e. The van der Waals surface area contributed by atoms with Crippen LogP contribution in [0.25, 0.3) is 11.1 Å². The van der Waals surface area contributed by atoms with Crippen LogP contribution in [0.3, 0.4) is 0 Å². The molecule has 1 heterocycles. The Morgan fingerprint density at radius 1 is 1.10 bits per heavy atom. The lowest BCUT2D eigenvalue weighted by molar-refractivity contribution is 0.405. The number of ether oxygens (including phenoxy) is 1. The van der Waals surface area contributed by atoms with Gasteiger partial charge in [0.25, 0.3) is 5.56 Å². The fraction of sp³-hybridized carbons (Fsp3) is 0.190. The minimum Gasteiger partial charge on any atom is -0.491 e. The number of hydrogen-bond acceptors (Lipinski definition) is 4. The van der Waals surface area contributed by atoms with E-state index in [-0.39, 0.29) is 22.5 Å². The van der Waals surface area contributed by atoms with Gasteiger partial charge in [0.1, 0.15) is 11.6 Å². The van der Waals surface area contributed by atoms with Gasteiger partial charge in [0.15, 0.2) is 5.75 Å². The van der Waals surface area contributed by atoms with Crippen LogP contribution in [0.5, 0.6) is 5.75 Å².